The Kier molecular flexibility index (Phi) is 4.51. The first kappa shape index (κ1) is 13.5. The van der Waals surface area contributed by atoms with Gasteiger partial charge in [-0.3, -0.25) is 0 Å². The van der Waals surface area contributed by atoms with E-state index in [1.54, 1.807) is 6.92 Å². The molecule has 1 aromatic rings. The minimum Gasteiger partial charge on any atom is -0.493 e. The Labute approximate surface area is 100.0 Å². The molecule has 0 saturated carbocycles. The molecule has 1 rings (SSSR count). The topological polar surface area (TPSA) is 80.7 Å². The molecule has 0 saturated heterocycles. The third-order valence-corrected chi connectivity index (χ3v) is 3.87. The monoisotopic (exact) mass is 258 g/mol. The maximum Gasteiger partial charge on any atom is 0.335 e. The largest absolute Gasteiger partial charge is 0.493 e. The van der Waals surface area contributed by atoms with Crippen LogP contribution in [-0.2, 0) is 9.84 Å². The molecule has 0 unspecified atom stereocenters. The molecule has 0 atom stereocenters. The van der Waals surface area contributed by atoms with Crippen molar-refractivity contribution in [3.8, 4) is 5.75 Å². The van der Waals surface area contributed by atoms with Gasteiger partial charge < -0.3 is 9.84 Å². The van der Waals surface area contributed by atoms with E-state index in [4.69, 9.17) is 9.84 Å². The maximum atomic E-state index is 11.2. The average molecular weight is 258 g/mol. The van der Waals surface area contributed by atoms with Gasteiger partial charge in [0.1, 0.15) is 12.4 Å². The highest BCUT2D eigenvalue weighted by atomic mass is 32.2. The van der Waals surface area contributed by atoms with Crippen LogP contribution < -0.4 is 4.74 Å². The van der Waals surface area contributed by atoms with Crippen molar-refractivity contribution in [1.29, 1.82) is 0 Å². The van der Waals surface area contributed by atoms with E-state index >= 15 is 0 Å². The molecular weight excluding hydrogens is 244 g/mol. The summed E-state index contributed by atoms with van der Waals surface area (Å²) >= 11 is 0. The SMILES string of the molecule is CCS(=O)(=O)CCOc1ccc(C(=O)O)cc1. The van der Waals surface area contributed by atoms with Crippen LogP contribution in [0.2, 0.25) is 0 Å². The molecule has 6 heteroatoms. The number of hydrogen-bond acceptors (Lipinski definition) is 4. The molecule has 5 nitrogen and oxygen atoms in total. The summed E-state index contributed by atoms with van der Waals surface area (Å²) < 4.78 is 27.6. The summed E-state index contributed by atoms with van der Waals surface area (Å²) in [6, 6.07) is 5.82. The number of ether oxygens (including phenoxy) is 1. The molecule has 0 radical (unpaired) electrons. The van der Waals surface area contributed by atoms with E-state index in [1.807, 2.05) is 0 Å². The van der Waals surface area contributed by atoms with E-state index in [2.05, 4.69) is 0 Å². The van der Waals surface area contributed by atoms with Crippen LogP contribution in [0.5, 0.6) is 5.75 Å². The van der Waals surface area contributed by atoms with Crippen molar-refractivity contribution in [2.45, 2.75) is 6.92 Å². The van der Waals surface area contributed by atoms with Crippen molar-refractivity contribution in [3.63, 3.8) is 0 Å². The molecule has 0 spiro atoms. The van der Waals surface area contributed by atoms with E-state index in [9.17, 15) is 13.2 Å². The average Bonchev–Trinajstić information content (AvgIpc) is 2.29. The lowest BCUT2D eigenvalue weighted by atomic mass is 10.2. The lowest BCUT2D eigenvalue weighted by Gasteiger charge is -2.06. The summed E-state index contributed by atoms with van der Waals surface area (Å²) in [6.07, 6.45) is 0. The quantitative estimate of drug-likeness (QED) is 0.829. The molecule has 0 bridgehead atoms. The molecule has 0 amide bonds. The van der Waals surface area contributed by atoms with Crippen molar-refractivity contribution >= 4 is 15.8 Å². The number of benzene rings is 1. The third kappa shape index (κ3) is 4.44. The molecule has 1 N–H and O–H groups in total. The summed E-state index contributed by atoms with van der Waals surface area (Å²) in [4.78, 5) is 10.6. The summed E-state index contributed by atoms with van der Waals surface area (Å²) in [7, 11) is -3.03. The van der Waals surface area contributed by atoms with Crippen LogP contribution in [0, 0.1) is 0 Å². The second-order valence-corrected chi connectivity index (χ2v) is 5.89. The number of rotatable bonds is 6. The van der Waals surface area contributed by atoms with Crippen molar-refractivity contribution in [3.05, 3.63) is 29.8 Å². The highest BCUT2D eigenvalue weighted by molar-refractivity contribution is 7.91. The summed E-state index contributed by atoms with van der Waals surface area (Å²) in [5.41, 5.74) is 0.165. The van der Waals surface area contributed by atoms with Gasteiger partial charge in [0.25, 0.3) is 0 Å². The van der Waals surface area contributed by atoms with Gasteiger partial charge in [0.15, 0.2) is 9.84 Å². The maximum absolute atomic E-state index is 11.2. The van der Waals surface area contributed by atoms with Crippen LogP contribution in [0.15, 0.2) is 24.3 Å². The summed E-state index contributed by atoms with van der Waals surface area (Å²) in [6.45, 7) is 1.65. The molecule has 0 aliphatic rings. The normalized spacial score (nSPS) is 11.1. The first-order valence-electron chi connectivity index (χ1n) is 5.11. The number of carbonyl (C=O) groups is 1. The molecule has 0 aromatic heterocycles. The number of hydrogen-bond donors (Lipinski definition) is 1. The zero-order valence-electron chi connectivity index (χ0n) is 9.42. The highest BCUT2D eigenvalue weighted by Gasteiger charge is 2.07. The van der Waals surface area contributed by atoms with Gasteiger partial charge in [-0.05, 0) is 24.3 Å². The van der Waals surface area contributed by atoms with Gasteiger partial charge in [-0.15, -0.1) is 0 Å². The van der Waals surface area contributed by atoms with Gasteiger partial charge in [-0.1, -0.05) is 6.92 Å². The Balaban J connectivity index is 2.51. The number of aromatic carboxylic acids is 1. The van der Waals surface area contributed by atoms with Crippen molar-refractivity contribution < 1.29 is 23.1 Å². The zero-order chi connectivity index (χ0) is 12.9. The Morgan fingerprint density at radius 2 is 1.88 bits per heavy atom. The molecule has 0 heterocycles. The lowest BCUT2D eigenvalue weighted by Crippen LogP contribution is -2.15. The molecule has 0 fully saturated rings. The van der Waals surface area contributed by atoms with Crippen molar-refractivity contribution in [2.24, 2.45) is 0 Å². The van der Waals surface area contributed by atoms with Crippen LogP contribution in [0.1, 0.15) is 17.3 Å². The predicted octanol–water partition coefficient (Wildman–Crippen LogP) is 1.20. The van der Waals surface area contributed by atoms with Gasteiger partial charge in [0, 0.05) is 5.75 Å². The Morgan fingerprint density at radius 1 is 1.29 bits per heavy atom. The Hall–Kier alpha value is -1.56. The van der Waals surface area contributed by atoms with E-state index in [0.29, 0.717) is 5.75 Å². The predicted molar refractivity (Wildman–Crippen MR) is 63.2 cm³/mol. The summed E-state index contributed by atoms with van der Waals surface area (Å²) in [5, 5.41) is 8.67. The van der Waals surface area contributed by atoms with E-state index in [-0.39, 0.29) is 23.7 Å². The first-order valence-corrected chi connectivity index (χ1v) is 6.93. The van der Waals surface area contributed by atoms with Crippen LogP contribution in [0.25, 0.3) is 0 Å². The Morgan fingerprint density at radius 3 is 2.35 bits per heavy atom. The number of carboxylic acid groups (broad SMARTS) is 1. The molecule has 17 heavy (non-hydrogen) atoms. The number of sulfone groups is 1. The van der Waals surface area contributed by atoms with Gasteiger partial charge in [0.05, 0.1) is 11.3 Å². The summed E-state index contributed by atoms with van der Waals surface area (Å²) in [5.74, 6) is -0.496. The van der Waals surface area contributed by atoms with E-state index in [0.717, 1.165) is 0 Å². The van der Waals surface area contributed by atoms with Crippen molar-refractivity contribution in [1.82, 2.24) is 0 Å². The fraction of sp³-hybridized carbons (Fsp3) is 0.364. The fourth-order valence-electron chi connectivity index (χ4n) is 1.12. The smallest absolute Gasteiger partial charge is 0.335 e. The fourth-order valence-corrected chi connectivity index (χ4v) is 1.75. The van der Waals surface area contributed by atoms with Gasteiger partial charge in [-0.2, -0.15) is 0 Å². The van der Waals surface area contributed by atoms with Crippen LogP contribution in [0.3, 0.4) is 0 Å². The van der Waals surface area contributed by atoms with Gasteiger partial charge in [-0.25, -0.2) is 13.2 Å². The molecular formula is C11H14O5S. The van der Waals surface area contributed by atoms with Crippen molar-refractivity contribution in [2.75, 3.05) is 18.1 Å². The lowest BCUT2D eigenvalue weighted by molar-refractivity contribution is 0.0697. The second kappa shape index (κ2) is 5.67. The highest BCUT2D eigenvalue weighted by Crippen LogP contribution is 2.12. The zero-order valence-corrected chi connectivity index (χ0v) is 10.2. The van der Waals surface area contributed by atoms with Gasteiger partial charge >= 0.3 is 5.97 Å². The number of carboxylic acids is 1. The molecule has 0 aliphatic carbocycles. The van der Waals surface area contributed by atoms with E-state index < -0.39 is 15.8 Å². The minimum atomic E-state index is -3.03. The minimum absolute atomic E-state index is 0.0375. The second-order valence-electron chi connectivity index (χ2n) is 3.41. The van der Waals surface area contributed by atoms with Crippen LogP contribution in [-0.4, -0.2) is 37.6 Å². The van der Waals surface area contributed by atoms with Crippen LogP contribution >= 0.6 is 0 Å². The first-order chi connectivity index (χ1) is 7.94. The molecule has 0 aliphatic heterocycles. The van der Waals surface area contributed by atoms with Crippen LogP contribution in [0.4, 0.5) is 0 Å². The van der Waals surface area contributed by atoms with E-state index in [1.165, 1.54) is 24.3 Å². The molecule has 1 aromatic carbocycles. The van der Waals surface area contributed by atoms with Gasteiger partial charge in [0.2, 0.25) is 0 Å². The Bertz CT molecular complexity index is 475. The standard InChI is InChI=1S/C11H14O5S/c1-2-17(14,15)8-7-16-10-5-3-9(4-6-10)11(12)13/h3-6H,2,7-8H2,1H3,(H,12,13). The molecule has 94 valence electrons. The third-order valence-electron chi connectivity index (χ3n) is 2.20.